The minimum Gasteiger partial charge on any atom is -0.497 e. The van der Waals surface area contributed by atoms with Crippen LogP contribution in [-0.2, 0) is 16.6 Å². The molecule has 2 aromatic heterocycles. The van der Waals surface area contributed by atoms with Crippen molar-refractivity contribution >= 4 is 21.8 Å². The van der Waals surface area contributed by atoms with Crippen molar-refractivity contribution in [2.24, 2.45) is 0 Å². The van der Waals surface area contributed by atoms with Gasteiger partial charge in [-0.2, -0.15) is 0 Å². The van der Waals surface area contributed by atoms with Gasteiger partial charge in [-0.05, 0) is 6.07 Å². The molecular weight excluding hydrogens is 330 g/mol. The molecule has 4 rings (SSSR count). The lowest BCUT2D eigenvalue weighted by atomic mass is 10.2. The highest BCUT2D eigenvalue weighted by Gasteiger charge is 2.17. The zero-order valence-electron chi connectivity index (χ0n) is 12.9. The molecule has 0 saturated heterocycles. The Bertz CT molecular complexity index is 882. The van der Waals surface area contributed by atoms with Crippen molar-refractivity contribution in [2.75, 3.05) is 20.3 Å². The molecule has 1 aliphatic rings. The molecule has 0 bridgehead atoms. The third kappa shape index (κ3) is 2.80. The van der Waals surface area contributed by atoms with Crippen LogP contribution >= 0.6 is 0 Å². The van der Waals surface area contributed by atoms with Crippen molar-refractivity contribution < 1.29 is 18.4 Å². The number of ether oxygens (including phenoxy) is 3. The molecule has 0 aliphatic carbocycles. The molecule has 1 aliphatic heterocycles. The van der Waals surface area contributed by atoms with Gasteiger partial charge in [0.05, 0.1) is 40.4 Å². The highest BCUT2D eigenvalue weighted by molar-refractivity contribution is 7.84. The monoisotopic (exact) mass is 345 g/mol. The Hall–Kier alpha value is -2.61. The SMILES string of the molecule is COc1ccnc(CS(=O)c2nc3cc4c(cc3[nH]2)OCCO4)c1. The maximum atomic E-state index is 12.6. The van der Waals surface area contributed by atoms with Crippen LogP contribution in [0.15, 0.2) is 35.6 Å². The molecule has 24 heavy (non-hydrogen) atoms. The fraction of sp³-hybridized carbons (Fsp3) is 0.250. The van der Waals surface area contributed by atoms with Crippen molar-refractivity contribution in [3.63, 3.8) is 0 Å². The zero-order valence-corrected chi connectivity index (χ0v) is 13.8. The zero-order chi connectivity index (χ0) is 16.5. The van der Waals surface area contributed by atoms with Crippen LogP contribution in [0.25, 0.3) is 11.0 Å². The summed E-state index contributed by atoms with van der Waals surface area (Å²) in [7, 11) is 0.239. The summed E-state index contributed by atoms with van der Waals surface area (Å²) in [5, 5.41) is 0.400. The van der Waals surface area contributed by atoms with Gasteiger partial charge in [-0.3, -0.25) is 9.19 Å². The van der Waals surface area contributed by atoms with E-state index in [-0.39, 0.29) is 5.75 Å². The van der Waals surface area contributed by atoms with E-state index < -0.39 is 10.8 Å². The second kappa shape index (κ2) is 6.12. The Morgan fingerprint density at radius 3 is 2.83 bits per heavy atom. The summed E-state index contributed by atoms with van der Waals surface area (Å²) in [6.07, 6.45) is 1.63. The summed E-state index contributed by atoms with van der Waals surface area (Å²) >= 11 is 0. The van der Waals surface area contributed by atoms with Crippen LogP contribution in [0.5, 0.6) is 17.2 Å². The lowest BCUT2D eigenvalue weighted by molar-refractivity contribution is 0.172. The number of rotatable bonds is 4. The summed E-state index contributed by atoms with van der Waals surface area (Å²) < 4.78 is 28.8. The van der Waals surface area contributed by atoms with Gasteiger partial charge in [-0.25, -0.2) is 4.98 Å². The Morgan fingerprint density at radius 2 is 2.04 bits per heavy atom. The minimum absolute atomic E-state index is 0.254. The lowest BCUT2D eigenvalue weighted by Gasteiger charge is -2.17. The standard InChI is InChI=1S/C16H15N3O4S/c1-21-11-2-3-17-10(6-11)9-24(20)16-18-12-7-14-15(8-13(12)19-16)23-5-4-22-14/h2-3,6-8H,4-5,9H2,1H3,(H,18,19). The number of hydrogen-bond acceptors (Lipinski definition) is 6. The minimum atomic E-state index is -1.35. The summed E-state index contributed by atoms with van der Waals surface area (Å²) in [6.45, 7) is 1.04. The summed E-state index contributed by atoms with van der Waals surface area (Å²) in [4.78, 5) is 11.7. The van der Waals surface area contributed by atoms with E-state index in [1.165, 1.54) is 0 Å². The average Bonchev–Trinajstić information content (AvgIpc) is 3.03. The van der Waals surface area contributed by atoms with Crippen LogP contribution in [0.1, 0.15) is 5.69 Å². The van der Waals surface area contributed by atoms with Gasteiger partial charge in [0, 0.05) is 24.4 Å². The predicted molar refractivity (Wildman–Crippen MR) is 88.0 cm³/mol. The number of benzene rings is 1. The van der Waals surface area contributed by atoms with Crippen LogP contribution in [-0.4, -0.2) is 39.5 Å². The van der Waals surface area contributed by atoms with E-state index in [0.717, 1.165) is 5.52 Å². The van der Waals surface area contributed by atoms with Crippen LogP contribution in [0, 0.1) is 0 Å². The Labute approximate surface area is 140 Å². The molecule has 0 saturated carbocycles. The van der Waals surface area contributed by atoms with Crippen molar-refractivity contribution in [3.05, 3.63) is 36.2 Å². The maximum Gasteiger partial charge on any atom is 0.197 e. The second-order valence-electron chi connectivity index (χ2n) is 5.23. The summed E-state index contributed by atoms with van der Waals surface area (Å²) in [6, 6.07) is 7.13. The topological polar surface area (TPSA) is 86.3 Å². The maximum absolute atomic E-state index is 12.6. The quantitative estimate of drug-likeness (QED) is 0.779. The lowest BCUT2D eigenvalue weighted by Crippen LogP contribution is -2.15. The molecule has 3 heterocycles. The summed E-state index contributed by atoms with van der Waals surface area (Å²) in [5.74, 6) is 2.27. The first-order valence-electron chi connectivity index (χ1n) is 7.39. The number of nitrogens with zero attached hydrogens (tertiary/aromatic N) is 2. The van der Waals surface area contributed by atoms with Crippen LogP contribution in [0.4, 0.5) is 0 Å². The van der Waals surface area contributed by atoms with E-state index in [1.54, 1.807) is 31.5 Å². The van der Waals surface area contributed by atoms with Gasteiger partial charge in [0.15, 0.2) is 16.7 Å². The number of fused-ring (bicyclic) bond motifs is 2. The normalized spacial score (nSPS) is 14.5. The molecule has 0 amide bonds. The van der Waals surface area contributed by atoms with Crippen molar-refractivity contribution in [2.45, 2.75) is 10.9 Å². The smallest absolute Gasteiger partial charge is 0.197 e. The Morgan fingerprint density at radius 1 is 1.25 bits per heavy atom. The number of aromatic amines is 1. The van der Waals surface area contributed by atoms with Gasteiger partial charge < -0.3 is 19.2 Å². The van der Waals surface area contributed by atoms with Gasteiger partial charge in [-0.1, -0.05) is 0 Å². The van der Waals surface area contributed by atoms with E-state index in [9.17, 15) is 4.21 Å². The van der Waals surface area contributed by atoms with E-state index in [0.29, 0.717) is 46.8 Å². The highest BCUT2D eigenvalue weighted by atomic mass is 32.2. The fourth-order valence-electron chi connectivity index (χ4n) is 2.50. The summed E-state index contributed by atoms with van der Waals surface area (Å²) in [5.41, 5.74) is 2.14. The second-order valence-corrected chi connectivity index (χ2v) is 6.60. The molecule has 1 atom stereocenters. The largest absolute Gasteiger partial charge is 0.497 e. The third-order valence-electron chi connectivity index (χ3n) is 3.64. The van der Waals surface area contributed by atoms with Gasteiger partial charge in [-0.15, -0.1) is 0 Å². The van der Waals surface area contributed by atoms with E-state index >= 15 is 0 Å². The van der Waals surface area contributed by atoms with E-state index in [2.05, 4.69) is 15.0 Å². The van der Waals surface area contributed by atoms with Gasteiger partial charge in [0.1, 0.15) is 19.0 Å². The third-order valence-corrected chi connectivity index (χ3v) is 4.83. The number of nitrogens with one attached hydrogen (secondary N) is 1. The van der Waals surface area contributed by atoms with Crippen molar-refractivity contribution in [1.82, 2.24) is 15.0 Å². The Balaban J connectivity index is 1.62. The molecule has 8 heteroatoms. The van der Waals surface area contributed by atoms with Crippen LogP contribution in [0.3, 0.4) is 0 Å². The number of H-pyrrole nitrogens is 1. The average molecular weight is 345 g/mol. The molecule has 0 fully saturated rings. The van der Waals surface area contributed by atoms with Crippen LogP contribution in [0.2, 0.25) is 0 Å². The molecule has 124 valence electrons. The Kier molecular flexibility index (Phi) is 3.81. The van der Waals surface area contributed by atoms with Crippen LogP contribution < -0.4 is 14.2 Å². The highest BCUT2D eigenvalue weighted by Crippen LogP contribution is 2.34. The molecular formula is C16H15N3O4S. The first-order valence-corrected chi connectivity index (χ1v) is 8.71. The first-order chi connectivity index (χ1) is 11.7. The van der Waals surface area contributed by atoms with Crippen molar-refractivity contribution in [1.29, 1.82) is 0 Å². The number of imidazole rings is 1. The fourth-order valence-corrected chi connectivity index (χ4v) is 3.48. The number of hydrogen-bond donors (Lipinski definition) is 1. The van der Waals surface area contributed by atoms with E-state index in [1.807, 2.05) is 6.07 Å². The van der Waals surface area contributed by atoms with Gasteiger partial charge >= 0.3 is 0 Å². The molecule has 0 spiro atoms. The molecule has 1 aromatic carbocycles. The molecule has 0 radical (unpaired) electrons. The van der Waals surface area contributed by atoms with E-state index in [4.69, 9.17) is 14.2 Å². The molecule has 3 aromatic rings. The molecule has 7 nitrogen and oxygen atoms in total. The van der Waals surface area contributed by atoms with Gasteiger partial charge in [0.25, 0.3) is 0 Å². The number of pyridine rings is 1. The first kappa shape index (κ1) is 14.9. The predicted octanol–water partition coefficient (Wildman–Crippen LogP) is 2.05. The molecule has 1 N–H and O–H groups in total. The molecule has 1 unspecified atom stereocenters. The number of methoxy groups -OCH3 is 1. The van der Waals surface area contributed by atoms with Gasteiger partial charge in [0.2, 0.25) is 0 Å². The number of aromatic nitrogens is 3. The van der Waals surface area contributed by atoms with Crippen molar-refractivity contribution in [3.8, 4) is 17.2 Å².